The first-order valence-corrected chi connectivity index (χ1v) is 35.1. The van der Waals surface area contributed by atoms with Crippen molar-refractivity contribution in [2.75, 3.05) is 0 Å². The normalized spacial score (nSPS) is 10.6. The number of rotatable bonds is 9. The number of halogens is 5. The van der Waals surface area contributed by atoms with Crippen LogP contribution < -0.4 is 0 Å². The summed E-state index contributed by atoms with van der Waals surface area (Å²) < 4.78 is 7.19. The van der Waals surface area contributed by atoms with Crippen LogP contribution in [0.5, 0.6) is 0 Å². The van der Waals surface area contributed by atoms with Crippen molar-refractivity contribution in [2.24, 2.45) is 0 Å². The lowest BCUT2D eigenvalue weighted by molar-refractivity contribution is 1.07. The maximum atomic E-state index is 4.69. The van der Waals surface area contributed by atoms with Crippen molar-refractivity contribution in [3.63, 3.8) is 0 Å². The molecule has 16 rings (SSSR count). The summed E-state index contributed by atoms with van der Waals surface area (Å²) in [5.74, 6) is 3.48. The van der Waals surface area contributed by atoms with Gasteiger partial charge in [0.05, 0.1) is 27.2 Å². The van der Waals surface area contributed by atoms with Gasteiger partial charge in [0.15, 0.2) is 33.9 Å². The van der Waals surface area contributed by atoms with Crippen LogP contribution in [0.2, 0.25) is 0 Å². The molecule has 0 fully saturated rings. The largest absolute Gasteiger partial charge is 0.235 e. The van der Waals surface area contributed by atoms with E-state index in [1.54, 1.807) is 6.20 Å². The molecule has 0 N–H and O–H groups in total. The molecule has 464 valence electrons. The smallest absolute Gasteiger partial charge is 0.197 e. The molecular formula is C81H54Br5N9S. The second-order valence-corrected chi connectivity index (χ2v) is 26.5. The van der Waals surface area contributed by atoms with Gasteiger partial charge in [0, 0.05) is 85.4 Å². The first kappa shape index (κ1) is 66.3. The fraction of sp³-hybridized carbons (Fsp3) is 0. The average molecular weight is 1580 g/mol. The molecular weight excluding hydrogens is 1530 g/mol. The molecule has 0 atom stereocenters. The molecule has 0 aliphatic heterocycles. The Balaban J connectivity index is 0.000000116. The zero-order valence-electron chi connectivity index (χ0n) is 51.0. The molecule has 5 heterocycles. The van der Waals surface area contributed by atoms with E-state index in [0.29, 0.717) is 22.2 Å². The molecule has 15 heteroatoms. The molecule has 9 nitrogen and oxygen atoms in total. The second kappa shape index (κ2) is 33.1. The maximum Gasteiger partial charge on any atom is 0.197 e. The lowest BCUT2D eigenvalue weighted by Crippen LogP contribution is -1.99. The molecule has 0 bridgehead atoms. The highest BCUT2D eigenvalue weighted by molar-refractivity contribution is 9.11. The number of hydrogen-bond acceptors (Lipinski definition) is 10. The van der Waals surface area contributed by atoms with Crippen LogP contribution in [0.1, 0.15) is 0 Å². The van der Waals surface area contributed by atoms with Crippen LogP contribution in [0.3, 0.4) is 0 Å². The summed E-state index contributed by atoms with van der Waals surface area (Å²) in [6.45, 7) is 0. The molecule has 0 spiro atoms. The Bertz CT molecular complexity index is 4850. The van der Waals surface area contributed by atoms with Gasteiger partial charge in [-0.1, -0.05) is 305 Å². The first-order chi connectivity index (χ1) is 47.1. The summed E-state index contributed by atoms with van der Waals surface area (Å²) >= 11 is 19.2. The molecule has 0 aliphatic carbocycles. The Kier molecular flexibility index (Phi) is 22.9. The fourth-order valence-electron chi connectivity index (χ4n) is 9.95. The predicted octanol–water partition coefficient (Wildman–Crippen LogP) is 24.2. The number of aromatic nitrogens is 9. The van der Waals surface area contributed by atoms with Gasteiger partial charge < -0.3 is 0 Å². The molecule has 0 aliphatic rings. The van der Waals surface area contributed by atoms with Crippen molar-refractivity contribution in [3.8, 4) is 102 Å². The third kappa shape index (κ3) is 17.8. The van der Waals surface area contributed by atoms with Crippen molar-refractivity contribution in [1.82, 2.24) is 44.9 Å². The fourth-order valence-corrected chi connectivity index (χ4v) is 12.8. The number of nitrogens with zero attached hydrogens (tertiary/aromatic N) is 9. The van der Waals surface area contributed by atoms with Gasteiger partial charge in [0.2, 0.25) is 0 Å². The van der Waals surface area contributed by atoms with Crippen molar-refractivity contribution in [3.05, 3.63) is 350 Å². The van der Waals surface area contributed by atoms with Crippen LogP contribution in [0.25, 0.3) is 122 Å². The van der Waals surface area contributed by atoms with Gasteiger partial charge in [-0.25, -0.2) is 44.9 Å². The van der Waals surface area contributed by atoms with E-state index in [0.717, 1.165) is 103 Å². The standard InChI is InChI=1S/C21H14BrN3.3C16H11BrN2.C12H7BrS/c22-18-13-11-17(12-14-18)21-24-19(15-7-3-1-4-8-15)23-20(25-21)16-9-5-2-6-10-16;17-14-11-18-16(13-9-5-2-6-10-13)19-15(14)12-7-3-1-4-8-12;17-15-11-14(12-7-3-1-4-8-12)18-16(19-15)13-9-5-2-6-10-13;17-16-18-14(12-7-3-1-4-8-12)11-15(19-16)13-9-5-2-6-10-13;13-8-5-6-12-10(7-8)9-3-1-2-4-11(9)14-12/h1-14H;3*1-11H;1-7H. The Hall–Kier alpha value is -9.71. The molecule has 0 saturated carbocycles. The van der Waals surface area contributed by atoms with E-state index in [9.17, 15) is 0 Å². The van der Waals surface area contributed by atoms with Crippen LogP contribution in [-0.4, -0.2) is 44.9 Å². The molecule has 16 aromatic rings. The number of fused-ring (bicyclic) bond motifs is 3. The van der Waals surface area contributed by atoms with E-state index < -0.39 is 0 Å². The van der Waals surface area contributed by atoms with Gasteiger partial charge in [-0.05, 0) is 96.3 Å². The Morgan fingerprint density at radius 3 is 1.05 bits per heavy atom. The van der Waals surface area contributed by atoms with Crippen LogP contribution in [0.15, 0.2) is 350 Å². The lowest BCUT2D eigenvalue weighted by Gasteiger charge is -2.08. The zero-order chi connectivity index (χ0) is 65.8. The first-order valence-electron chi connectivity index (χ1n) is 30.3. The number of benzene rings is 11. The predicted molar refractivity (Wildman–Crippen MR) is 413 cm³/mol. The molecule has 0 saturated heterocycles. The minimum absolute atomic E-state index is 0.604. The minimum atomic E-state index is 0.604. The third-order valence-corrected chi connectivity index (χ3v) is 18.1. The summed E-state index contributed by atoms with van der Waals surface area (Å²) in [6, 6.07) is 107. The third-order valence-electron chi connectivity index (χ3n) is 14.6. The average Bonchev–Trinajstić information content (AvgIpc) is 1.62. The SMILES string of the molecule is Brc1cc(-c2ccccc2)nc(-c2ccccc2)n1.Brc1ccc(-c2nc(-c3ccccc3)nc(-c3ccccc3)n2)cc1.Brc1ccc2sc3ccccc3c2c1.Brc1cnc(-c2ccccc2)nc1-c1ccccc1.Brc1nc(-c2ccccc2)cc(-c2ccccc2)n1. The van der Waals surface area contributed by atoms with Crippen LogP contribution in [0.4, 0.5) is 0 Å². The van der Waals surface area contributed by atoms with E-state index in [1.165, 1.54) is 20.2 Å². The van der Waals surface area contributed by atoms with Crippen molar-refractivity contribution >= 4 is 111 Å². The van der Waals surface area contributed by atoms with Gasteiger partial charge in [0.25, 0.3) is 0 Å². The summed E-state index contributed by atoms with van der Waals surface area (Å²) in [7, 11) is 0. The molecule has 11 aromatic carbocycles. The van der Waals surface area contributed by atoms with Gasteiger partial charge in [0.1, 0.15) is 4.60 Å². The van der Waals surface area contributed by atoms with E-state index in [1.807, 2.05) is 290 Å². The van der Waals surface area contributed by atoms with Gasteiger partial charge >= 0.3 is 0 Å². The highest BCUT2D eigenvalue weighted by Crippen LogP contribution is 2.36. The number of thiophene rings is 1. The van der Waals surface area contributed by atoms with Crippen molar-refractivity contribution in [1.29, 1.82) is 0 Å². The van der Waals surface area contributed by atoms with Crippen molar-refractivity contribution in [2.45, 2.75) is 0 Å². The van der Waals surface area contributed by atoms with Crippen LogP contribution >= 0.6 is 91.0 Å². The van der Waals surface area contributed by atoms with Gasteiger partial charge in [-0.15, -0.1) is 11.3 Å². The zero-order valence-corrected chi connectivity index (χ0v) is 59.7. The summed E-state index contributed by atoms with van der Waals surface area (Å²) in [5.41, 5.74) is 12.9. The summed E-state index contributed by atoms with van der Waals surface area (Å²) in [5, 5.41) is 2.70. The topological polar surface area (TPSA) is 116 Å². The van der Waals surface area contributed by atoms with Crippen molar-refractivity contribution < 1.29 is 0 Å². The molecule has 0 amide bonds. The highest BCUT2D eigenvalue weighted by Gasteiger charge is 2.14. The minimum Gasteiger partial charge on any atom is -0.235 e. The van der Waals surface area contributed by atoms with Gasteiger partial charge in [-0.3, -0.25) is 0 Å². The second-order valence-electron chi connectivity index (χ2n) is 21.2. The Morgan fingerprint density at radius 1 is 0.240 bits per heavy atom. The van der Waals surface area contributed by atoms with E-state index in [4.69, 9.17) is 9.97 Å². The van der Waals surface area contributed by atoms with E-state index >= 15 is 0 Å². The van der Waals surface area contributed by atoms with E-state index in [-0.39, 0.29) is 0 Å². The van der Waals surface area contributed by atoms with Crippen LogP contribution in [-0.2, 0) is 0 Å². The lowest BCUT2D eigenvalue weighted by atomic mass is 10.1. The summed E-state index contributed by atoms with van der Waals surface area (Å²) in [4.78, 5) is 41.0. The van der Waals surface area contributed by atoms with Gasteiger partial charge in [-0.2, -0.15) is 0 Å². The van der Waals surface area contributed by atoms with Crippen LogP contribution in [0, 0.1) is 0 Å². The molecule has 0 radical (unpaired) electrons. The quantitative estimate of drug-likeness (QED) is 0.103. The monoisotopic (exact) mass is 1580 g/mol. The Morgan fingerprint density at radius 2 is 0.594 bits per heavy atom. The maximum absolute atomic E-state index is 4.69. The highest BCUT2D eigenvalue weighted by atomic mass is 79.9. The Labute approximate surface area is 603 Å². The number of hydrogen-bond donors (Lipinski definition) is 0. The molecule has 5 aromatic heterocycles. The molecule has 96 heavy (non-hydrogen) atoms. The van der Waals surface area contributed by atoms with E-state index in [2.05, 4.69) is 157 Å². The summed E-state index contributed by atoms with van der Waals surface area (Å²) in [6.07, 6.45) is 1.80. The molecule has 0 unspecified atom stereocenters.